The highest BCUT2D eigenvalue weighted by molar-refractivity contribution is 5.97. The van der Waals surface area contributed by atoms with E-state index >= 15 is 0 Å². The molecule has 0 aliphatic carbocycles. The third kappa shape index (κ3) is 5.79. The molecule has 0 saturated carbocycles. The largest absolute Gasteiger partial charge is 0.488 e. The quantitative estimate of drug-likeness (QED) is 0.433. The van der Waals surface area contributed by atoms with Gasteiger partial charge < -0.3 is 14.5 Å². The molecule has 192 valence electrons. The van der Waals surface area contributed by atoms with Crippen molar-refractivity contribution in [1.82, 2.24) is 14.7 Å². The number of amides is 1. The number of carbonyl (C=O) groups excluding carboxylic acids is 1. The van der Waals surface area contributed by atoms with Crippen molar-refractivity contribution in [2.75, 3.05) is 33.2 Å². The van der Waals surface area contributed by atoms with Crippen LogP contribution in [-0.4, -0.2) is 53.8 Å². The Morgan fingerprint density at radius 3 is 2.35 bits per heavy atom. The van der Waals surface area contributed by atoms with Gasteiger partial charge in [0.15, 0.2) is 0 Å². The molecule has 0 spiro atoms. The number of likely N-dealkylation sites (N-methyl/N-ethyl adjacent to an activating group) is 1. The van der Waals surface area contributed by atoms with Crippen molar-refractivity contribution in [3.8, 4) is 5.75 Å². The average Bonchev–Trinajstić information content (AvgIpc) is 3.32. The van der Waals surface area contributed by atoms with E-state index in [0.29, 0.717) is 19.7 Å². The number of ether oxygens (including phenoxy) is 1. The van der Waals surface area contributed by atoms with E-state index in [0.717, 1.165) is 66.3 Å². The first kappa shape index (κ1) is 25.2. The Hall–Kier alpha value is -3.41. The number of piperazine rings is 1. The summed E-state index contributed by atoms with van der Waals surface area (Å²) in [6.07, 6.45) is 0. The second kappa shape index (κ2) is 10.9. The van der Waals surface area contributed by atoms with Crippen molar-refractivity contribution in [3.63, 3.8) is 0 Å². The van der Waals surface area contributed by atoms with Gasteiger partial charge in [0.05, 0.1) is 0 Å². The Morgan fingerprint density at radius 1 is 0.892 bits per heavy atom. The summed E-state index contributed by atoms with van der Waals surface area (Å²) < 4.78 is 6.17. The van der Waals surface area contributed by atoms with Crippen LogP contribution in [0.25, 0.3) is 5.57 Å². The van der Waals surface area contributed by atoms with E-state index in [1.54, 1.807) is 0 Å². The van der Waals surface area contributed by atoms with E-state index < -0.39 is 0 Å². The molecular formula is C32H37N3O2. The van der Waals surface area contributed by atoms with E-state index in [1.165, 1.54) is 16.7 Å². The van der Waals surface area contributed by atoms with Crippen molar-refractivity contribution >= 4 is 11.5 Å². The number of hydrogen-bond donors (Lipinski definition) is 0. The highest BCUT2D eigenvalue weighted by Crippen LogP contribution is 2.32. The smallest absolute Gasteiger partial charge is 0.254 e. The molecule has 3 aromatic rings. The van der Waals surface area contributed by atoms with Gasteiger partial charge in [-0.1, -0.05) is 55.1 Å². The molecule has 0 unspecified atom stereocenters. The molecule has 5 nitrogen and oxygen atoms in total. The van der Waals surface area contributed by atoms with E-state index in [4.69, 9.17) is 4.74 Å². The van der Waals surface area contributed by atoms with Gasteiger partial charge in [-0.2, -0.15) is 0 Å². The van der Waals surface area contributed by atoms with Crippen LogP contribution >= 0.6 is 0 Å². The highest BCUT2D eigenvalue weighted by Gasteiger charge is 2.27. The minimum absolute atomic E-state index is 0.0615. The van der Waals surface area contributed by atoms with Gasteiger partial charge in [-0.3, -0.25) is 9.69 Å². The molecule has 5 rings (SSSR count). The number of hydrogen-bond acceptors (Lipinski definition) is 4. The van der Waals surface area contributed by atoms with Crippen LogP contribution in [0.1, 0.15) is 50.7 Å². The van der Waals surface area contributed by atoms with Gasteiger partial charge in [-0.05, 0) is 66.4 Å². The van der Waals surface area contributed by atoms with Crippen molar-refractivity contribution in [3.05, 3.63) is 106 Å². The first-order valence-corrected chi connectivity index (χ1v) is 13.2. The molecule has 1 amide bonds. The minimum Gasteiger partial charge on any atom is -0.488 e. The molecule has 0 N–H and O–H groups in total. The molecule has 0 bridgehead atoms. The summed E-state index contributed by atoms with van der Waals surface area (Å²) in [6, 6.07) is 20.8. The fourth-order valence-corrected chi connectivity index (χ4v) is 5.22. The number of benzene rings is 3. The van der Waals surface area contributed by atoms with Crippen LogP contribution in [0.3, 0.4) is 0 Å². The Morgan fingerprint density at radius 2 is 1.62 bits per heavy atom. The summed E-state index contributed by atoms with van der Waals surface area (Å²) in [5, 5.41) is 0. The summed E-state index contributed by atoms with van der Waals surface area (Å²) in [5.74, 6) is 0.829. The van der Waals surface area contributed by atoms with Gasteiger partial charge in [0.25, 0.3) is 5.91 Å². The van der Waals surface area contributed by atoms with Gasteiger partial charge in [0.2, 0.25) is 0 Å². The second-order valence-corrected chi connectivity index (χ2v) is 10.6. The Labute approximate surface area is 221 Å². The molecule has 5 heteroatoms. The molecular weight excluding hydrogens is 458 g/mol. The fourth-order valence-electron chi connectivity index (χ4n) is 5.22. The first-order chi connectivity index (χ1) is 17.9. The van der Waals surface area contributed by atoms with Gasteiger partial charge in [0, 0.05) is 56.9 Å². The van der Waals surface area contributed by atoms with Crippen LogP contribution in [0.2, 0.25) is 0 Å². The topological polar surface area (TPSA) is 36.0 Å². The zero-order chi connectivity index (χ0) is 25.9. The molecule has 0 radical (unpaired) electrons. The van der Waals surface area contributed by atoms with Crippen molar-refractivity contribution in [1.29, 1.82) is 0 Å². The summed E-state index contributed by atoms with van der Waals surface area (Å²) in [5.41, 5.74) is 8.36. The molecule has 3 aromatic carbocycles. The third-order valence-corrected chi connectivity index (χ3v) is 7.54. The standard InChI is InChI=1S/C32H37N3O2/c1-23(2)29-18-30(24(3)16-31(29)37-22-25-8-6-5-7-9-25)32(36)35-20-27-11-10-26(17-28(27)21-35)19-34-14-12-33(4)13-15-34/h5-11,16-18H,1,12-15,19-22H2,2-4H3. The summed E-state index contributed by atoms with van der Waals surface area (Å²) >= 11 is 0. The number of aryl methyl sites for hydroxylation is 1. The lowest BCUT2D eigenvalue weighted by Crippen LogP contribution is -2.43. The minimum atomic E-state index is 0.0615. The van der Waals surface area contributed by atoms with Crippen LogP contribution in [0, 0.1) is 6.92 Å². The van der Waals surface area contributed by atoms with E-state index in [1.807, 2.05) is 61.2 Å². The number of nitrogens with zero attached hydrogens (tertiary/aromatic N) is 3. The monoisotopic (exact) mass is 495 g/mol. The molecule has 1 fully saturated rings. The summed E-state index contributed by atoms with van der Waals surface area (Å²) in [4.78, 5) is 20.5. The maximum atomic E-state index is 13.7. The average molecular weight is 496 g/mol. The second-order valence-electron chi connectivity index (χ2n) is 10.6. The number of carbonyl (C=O) groups is 1. The van der Waals surface area contributed by atoms with E-state index in [9.17, 15) is 4.79 Å². The zero-order valence-corrected chi connectivity index (χ0v) is 22.3. The van der Waals surface area contributed by atoms with Gasteiger partial charge in [-0.15, -0.1) is 0 Å². The number of rotatable bonds is 7. The predicted molar refractivity (Wildman–Crippen MR) is 149 cm³/mol. The molecule has 1 saturated heterocycles. The third-order valence-electron chi connectivity index (χ3n) is 7.54. The molecule has 37 heavy (non-hydrogen) atoms. The lowest BCUT2D eigenvalue weighted by Gasteiger charge is -2.32. The van der Waals surface area contributed by atoms with Crippen LogP contribution in [0.5, 0.6) is 5.75 Å². The molecule has 0 atom stereocenters. The molecule has 0 aromatic heterocycles. The fraction of sp³-hybridized carbons (Fsp3) is 0.344. The highest BCUT2D eigenvalue weighted by atomic mass is 16.5. The van der Waals surface area contributed by atoms with E-state index in [-0.39, 0.29) is 5.91 Å². The van der Waals surface area contributed by atoms with Crippen LogP contribution in [0.15, 0.2) is 67.2 Å². The van der Waals surface area contributed by atoms with Crippen LogP contribution < -0.4 is 4.74 Å². The maximum Gasteiger partial charge on any atom is 0.254 e. The Balaban J connectivity index is 1.29. The lowest BCUT2D eigenvalue weighted by molar-refractivity contribution is 0.0750. The predicted octanol–water partition coefficient (Wildman–Crippen LogP) is 5.51. The van der Waals surface area contributed by atoms with E-state index in [2.05, 4.69) is 41.6 Å². The normalized spacial score (nSPS) is 16.0. The molecule has 2 aliphatic heterocycles. The maximum absolute atomic E-state index is 13.7. The van der Waals surface area contributed by atoms with Crippen LogP contribution in [-0.2, 0) is 26.2 Å². The number of allylic oxidation sites excluding steroid dienone is 1. The number of fused-ring (bicyclic) bond motifs is 1. The van der Waals surface area contributed by atoms with Gasteiger partial charge in [0.1, 0.15) is 12.4 Å². The van der Waals surface area contributed by atoms with Crippen molar-refractivity contribution in [2.45, 2.75) is 40.1 Å². The van der Waals surface area contributed by atoms with Crippen molar-refractivity contribution < 1.29 is 9.53 Å². The Bertz CT molecular complexity index is 1290. The summed E-state index contributed by atoms with van der Waals surface area (Å²) in [7, 11) is 2.19. The molecule has 2 heterocycles. The SMILES string of the molecule is C=C(C)c1cc(C(=O)N2Cc3ccc(CN4CCN(C)CC4)cc3C2)c(C)cc1OCc1ccccc1. The summed E-state index contributed by atoms with van der Waals surface area (Å²) in [6.45, 7) is 15.3. The Kier molecular flexibility index (Phi) is 7.45. The van der Waals surface area contributed by atoms with Gasteiger partial charge >= 0.3 is 0 Å². The lowest BCUT2D eigenvalue weighted by atomic mass is 9.99. The van der Waals surface area contributed by atoms with Crippen LogP contribution in [0.4, 0.5) is 0 Å². The zero-order valence-electron chi connectivity index (χ0n) is 22.3. The first-order valence-electron chi connectivity index (χ1n) is 13.2. The van der Waals surface area contributed by atoms with Crippen molar-refractivity contribution in [2.24, 2.45) is 0 Å². The molecule has 2 aliphatic rings. The van der Waals surface area contributed by atoms with Gasteiger partial charge in [-0.25, -0.2) is 0 Å².